The number of nitrogens with two attached hydrogens (primary N) is 1. The number of aromatic nitrogens is 1. The van der Waals surface area contributed by atoms with E-state index in [1.165, 1.54) is 22.9 Å². The summed E-state index contributed by atoms with van der Waals surface area (Å²) >= 11 is 1.58. The zero-order valence-corrected chi connectivity index (χ0v) is 11.1. The molecule has 0 bridgehead atoms. The summed E-state index contributed by atoms with van der Waals surface area (Å²) in [7, 11) is 0. The third-order valence-corrected chi connectivity index (χ3v) is 4.10. The largest absolute Gasteiger partial charge is 0.351 e. The first-order valence-corrected chi connectivity index (χ1v) is 6.48. The van der Waals surface area contributed by atoms with Crippen LogP contribution in [0, 0.1) is 0 Å². The van der Waals surface area contributed by atoms with Crippen LogP contribution in [0.4, 0.5) is 5.82 Å². The number of hydrogen-bond donors (Lipinski definition) is 1. The second kappa shape index (κ2) is 5.21. The first-order chi connectivity index (χ1) is 7.90. The van der Waals surface area contributed by atoms with Crippen molar-refractivity contribution in [2.45, 2.75) is 18.9 Å². The minimum absolute atomic E-state index is 0. The van der Waals surface area contributed by atoms with Crippen molar-refractivity contribution in [3.8, 4) is 0 Å². The molecule has 3 rings (SSSR count). The van der Waals surface area contributed by atoms with Crippen LogP contribution in [0.15, 0.2) is 24.3 Å². The third kappa shape index (κ3) is 2.12. The van der Waals surface area contributed by atoms with Crippen molar-refractivity contribution in [1.82, 2.24) is 4.37 Å². The van der Waals surface area contributed by atoms with Crippen molar-refractivity contribution < 1.29 is 0 Å². The van der Waals surface area contributed by atoms with Gasteiger partial charge in [0.1, 0.15) is 5.82 Å². The lowest BCUT2D eigenvalue weighted by molar-refractivity contribution is 0.675. The molecule has 0 aliphatic carbocycles. The van der Waals surface area contributed by atoms with E-state index in [2.05, 4.69) is 33.5 Å². The van der Waals surface area contributed by atoms with E-state index in [4.69, 9.17) is 5.73 Å². The van der Waals surface area contributed by atoms with Gasteiger partial charge in [-0.2, -0.15) is 4.37 Å². The Morgan fingerprint density at radius 3 is 3.06 bits per heavy atom. The second-order valence-electron chi connectivity index (χ2n) is 4.23. The number of halogens is 1. The van der Waals surface area contributed by atoms with Crippen LogP contribution in [0.2, 0.25) is 0 Å². The maximum atomic E-state index is 5.81. The van der Waals surface area contributed by atoms with Gasteiger partial charge in [0.25, 0.3) is 0 Å². The molecule has 1 aromatic carbocycles. The Balaban J connectivity index is 0.00000108. The zero-order valence-electron chi connectivity index (χ0n) is 9.50. The molecule has 2 aromatic rings. The highest BCUT2D eigenvalue weighted by Gasteiger charge is 2.26. The normalized spacial score (nSPS) is 19.6. The van der Waals surface area contributed by atoms with Gasteiger partial charge in [-0.05, 0) is 36.5 Å². The van der Waals surface area contributed by atoms with E-state index >= 15 is 0 Å². The van der Waals surface area contributed by atoms with E-state index in [1.54, 1.807) is 11.5 Å². The lowest BCUT2D eigenvalue weighted by atomic mass is 10.2. The van der Waals surface area contributed by atoms with Crippen molar-refractivity contribution in [1.29, 1.82) is 0 Å². The van der Waals surface area contributed by atoms with E-state index in [-0.39, 0.29) is 12.4 Å². The van der Waals surface area contributed by atoms with E-state index in [0.717, 1.165) is 18.9 Å². The molecule has 0 radical (unpaired) electrons. The van der Waals surface area contributed by atoms with E-state index < -0.39 is 0 Å². The molecule has 0 amide bonds. The van der Waals surface area contributed by atoms with Gasteiger partial charge < -0.3 is 10.6 Å². The predicted octanol–water partition coefficient (Wildman–Crippen LogP) is 2.65. The highest BCUT2D eigenvalue weighted by molar-refractivity contribution is 7.13. The second-order valence-corrected chi connectivity index (χ2v) is 5.03. The number of hydrogen-bond acceptors (Lipinski definition) is 4. The Kier molecular flexibility index (Phi) is 3.86. The fraction of sp³-hybridized carbons (Fsp3) is 0.417. The predicted molar refractivity (Wildman–Crippen MR) is 76.3 cm³/mol. The van der Waals surface area contributed by atoms with Crippen LogP contribution < -0.4 is 10.6 Å². The SMILES string of the molecule is Cl.NCC1CCCN1c1nsc2ccccc12. The van der Waals surface area contributed by atoms with Crippen LogP contribution >= 0.6 is 23.9 Å². The lowest BCUT2D eigenvalue weighted by Gasteiger charge is -2.23. The van der Waals surface area contributed by atoms with Gasteiger partial charge in [0, 0.05) is 24.5 Å². The van der Waals surface area contributed by atoms with Crippen LogP contribution in [0.5, 0.6) is 0 Å². The van der Waals surface area contributed by atoms with Crippen molar-refractivity contribution in [2.24, 2.45) is 5.73 Å². The van der Waals surface area contributed by atoms with Crippen LogP contribution in [0.1, 0.15) is 12.8 Å². The van der Waals surface area contributed by atoms with E-state index in [9.17, 15) is 0 Å². The summed E-state index contributed by atoms with van der Waals surface area (Å²) in [5.74, 6) is 1.13. The van der Waals surface area contributed by atoms with Crippen molar-refractivity contribution >= 4 is 39.8 Å². The van der Waals surface area contributed by atoms with E-state index in [0.29, 0.717) is 6.04 Å². The van der Waals surface area contributed by atoms with Crippen molar-refractivity contribution in [2.75, 3.05) is 18.0 Å². The Labute approximate surface area is 111 Å². The van der Waals surface area contributed by atoms with Gasteiger partial charge in [0.2, 0.25) is 0 Å². The van der Waals surface area contributed by atoms with Gasteiger partial charge in [-0.1, -0.05) is 12.1 Å². The fourth-order valence-electron chi connectivity index (χ4n) is 2.44. The molecule has 1 aromatic heterocycles. The maximum absolute atomic E-state index is 5.81. The highest BCUT2D eigenvalue weighted by Crippen LogP contribution is 2.33. The summed E-state index contributed by atoms with van der Waals surface area (Å²) in [6.45, 7) is 1.82. The van der Waals surface area contributed by atoms with Crippen LogP contribution in [0.3, 0.4) is 0 Å². The number of nitrogens with zero attached hydrogens (tertiary/aromatic N) is 2. The van der Waals surface area contributed by atoms with Gasteiger partial charge in [-0.15, -0.1) is 12.4 Å². The molecule has 1 aliphatic heterocycles. The Bertz CT molecular complexity index is 499. The fourth-order valence-corrected chi connectivity index (χ4v) is 3.22. The number of benzene rings is 1. The standard InChI is InChI=1S/C12H15N3S.ClH/c13-8-9-4-3-7-15(9)12-10-5-1-2-6-11(10)16-14-12;/h1-2,5-6,9H,3-4,7-8,13H2;1H. The summed E-state index contributed by atoms with van der Waals surface area (Å²) in [4.78, 5) is 2.37. The number of anilines is 1. The third-order valence-electron chi connectivity index (χ3n) is 3.28. The Morgan fingerprint density at radius 2 is 2.24 bits per heavy atom. The molecule has 1 atom stereocenters. The Morgan fingerprint density at radius 1 is 1.41 bits per heavy atom. The quantitative estimate of drug-likeness (QED) is 0.911. The molecule has 1 unspecified atom stereocenters. The van der Waals surface area contributed by atoms with Gasteiger partial charge in [-0.25, -0.2) is 0 Å². The molecular formula is C12H16ClN3S. The molecule has 0 saturated carbocycles. The summed E-state index contributed by atoms with van der Waals surface area (Å²) in [6.07, 6.45) is 2.43. The summed E-state index contributed by atoms with van der Waals surface area (Å²) < 4.78 is 5.85. The van der Waals surface area contributed by atoms with E-state index in [1.807, 2.05) is 0 Å². The lowest BCUT2D eigenvalue weighted by Crippen LogP contribution is -2.35. The van der Waals surface area contributed by atoms with Crippen LogP contribution in [0.25, 0.3) is 10.1 Å². The summed E-state index contributed by atoms with van der Waals surface area (Å²) in [5, 5.41) is 1.27. The minimum Gasteiger partial charge on any atom is -0.351 e. The van der Waals surface area contributed by atoms with Gasteiger partial charge in [0.15, 0.2) is 0 Å². The van der Waals surface area contributed by atoms with Crippen LogP contribution in [-0.2, 0) is 0 Å². The molecule has 2 N–H and O–H groups in total. The number of fused-ring (bicyclic) bond motifs is 1. The zero-order chi connectivity index (χ0) is 11.0. The Hall–Kier alpha value is -0.840. The molecule has 17 heavy (non-hydrogen) atoms. The molecule has 1 saturated heterocycles. The maximum Gasteiger partial charge on any atom is 0.150 e. The minimum atomic E-state index is 0. The summed E-state index contributed by atoms with van der Waals surface area (Å²) in [6, 6.07) is 8.90. The molecule has 1 aliphatic rings. The monoisotopic (exact) mass is 269 g/mol. The van der Waals surface area contributed by atoms with Crippen molar-refractivity contribution in [3.63, 3.8) is 0 Å². The summed E-state index contributed by atoms with van der Waals surface area (Å²) in [5.41, 5.74) is 5.81. The molecule has 0 spiro atoms. The smallest absolute Gasteiger partial charge is 0.150 e. The molecular weight excluding hydrogens is 254 g/mol. The first kappa shape index (κ1) is 12.6. The van der Waals surface area contributed by atoms with Gasteiger partial charge in [0.05, 0.1) is 4.70 Å². The average molecular weight is 270 g/mol. The topological polar surface area (TPSA) is 42.1 Å². The average Bonchev–Trinajstić information content (AvgIpc) is 2.94. The molecule has 2 heterocycles. The number of rotatable bonds is 2. The molecule has 1 fully saturated rings. The van der Waals surface area contributed by atoms with Gasteiger partial charge >= 0.3 is 0 Å². The van der Waals surface area contributed by atoms with Crippen LogP contribution in [-0.4, -0.2) is 23.5 Å². The molecule has 92 valence electrons. The molecule has 3 nitrogen and oxygen atoms in total. The van der Waals surface area contributed by atoms with Crippen molar-refractivity contribution in [3.05, 3.63) is 24.3 Å². The molecule has 5 heteroatoms. The highest BCUT2D eigenvalue weighted by atomic mass is 35.5. The van der Waals surface area contributed by atoms with Gasteiger partial charge in [-0.3, -0.25) is 0 Å². The first-order valence-electron chi connectivity index (χ1n) is 5.71.